The monoisotopic (exact) mass is 313 g/mol. The van der Waals surface area contributed by atoms with Gasteiger partial charge in [-0.25, -0.2) is 0 Å². The maximum atomic E-state index is 12.5. The second kappa shape index (κ2) is 5.33. The van der Waals surface area contributed by atoms with Crippen LogP contribution in [0, 0.1) is 0 Å². The minimum Gasteiger partial charge on any atom is -0.483 e. The van der Waals surface area contributed by atoms with Crippen molar-refractivity contribution >= 4 is 17.5 Å². The number of nitrogens with zero attached hydrogens (tertiary/aromatic N) is 1. The van der Waals surface area contributed by atoms with Gasteiger partial charge in [0.2, 0.25) is 0 Å². The SMILES string of the molecule is O=C1COc2ccc(Cl)cc2CN1C1CCc2ccccc21. The van der Waals surface area contributed by atoms with E-state index >= 15 is 0 Å². The topological polar surface area (TPSA) is 29.5 Å². The van der Waals surface area contributed by atoms with Crippen molar-refractivity contribution in [3.8, 4) is 5.75 Å². The average Bonchev–Trinajstić information content (AvgIpc) is 2.88. The molecule has 1 atom stereocenters. The normalized spacial score (nSPS) is 20.1. The van der Waals surface area contributed by atoms with Gasteiger partial charge in [0.15, 0.2) is 6.61 Å². The molecule has 0 spiro atoms. The van der Waals surface area contributed by atoms with E-state index in [1.807, 2.05) is 23.1 Å². The molecule has 22 heavy (non-hydrogen) atoms. The van der Waals surface area contributed by atoms with Crippen molar-refractivity contribution in [1.29, 1.82) is 0 Å². The van der Waals surface area contributed by atoms with E-state index < -0.39 is 0 Å². The highest BCUT2D eigenvalue weighted by Gasteiger charge is 2.33. The van der Waals surface area contributed by atoms with Crippen LogP contribution in [-0.4, -0.2) is 17.4 Å². The summed E-state index contributed by atoms with van der Waals surface area (Å²) in [6.07, 6.45) is 1.99. The number of halogens is 1. The van der Waals surface area contributed by atoms with Crippen LogP contribution in [0.3, 0.4) is 0 Å². The summed E-state index contributed by atoms with van der Waals surface area (Å²) in [4.78, 5) is 14.5. The molecule has 0 bridgehead atoms. The zero-order valence-corrected chi connectivity index (χ0v) is 12.8. The lowest BCUT2D eigenvalue weighted by Gasteiger charge is -2.28. The van der Waals surface area contributed by atoms with Crippen molar-refractivity contribution in [2.24, 2.45) is 0 Å². The molecule has 0 fully saturated rings. The van der Waals surface area contributed by atoms with E-state index in [0.29, 0.717) is 11.6 Å². The maximum absolute atomic E-state index is 12.5. The number of carbonyl (C=O) groups excluding carboxylic acids is 1. The second-order valence-electron chi connectivity index (χ2n) is 5.82. The standard InChI is InChI=1S/C18H16ClNO2/c19-14-6-8-17-13(9-14)10-20(18(21)11-22-17)16-7-5-12-3-1-2-4-15(12)16/h1-4,6,8-9,16H,5,7,10-11H2. The molecular weight excluding hydrogens is 298 g/mol. The molecule has 0 N–H and O–H groups in total. The number of amides is 1. The molecule has 1 unspecified atom stereocenters. The van der Waals surface area contributed by atoms with Gasteiger partial charge in [0.25, 0.3) is 5.91 Å². The van der Waals surface area contributed by atoms with E-state index in [0.717, 1.165) is 24.2 Å². The fourth-order valence-corrected chi connectivity index (χ4v) is 3.64. The highest BCUT2D eigenvalue weighted by Crippen LogP contribution is 2.38. The van der Waals surface area contributed by atoms with Crippen molar-refractivity contribution < 1.29 is 9.53 Å². The van der Waals surface area contributed by atoms with Gasteiger partial charge in [-0.2, -0.15) is 0 Å². The van der Waals surface area contributed by atoms with Crippen molar-refractivity contribution in [2.45, 2.75) is 25.4 Å². The van der Waals surface area contributed by atoms with Gasteiger partial charge in [-0.15, -0.1) is 0 Å². The maximum Gasteiger partial charge on any atom is 0.261 e. The Kier molecular flexibility index (Phi) is 3.30. The fourth-order valence-electron chi connectivity index (χ4n) is 3.45. The van der Waals surface area contributed by atoms with Gasteiger partial charge in [0, 0.05) is 10.6 Å². The third-order valence-corrected chi connectivity index (χ3v) is 4.75. The Morgan fingerprint density at radius 3 is 2.91 bits per heavy atom. The molecule has 0 saturated carbocycles. The number of aryl methyl sites for hydroxylation is 1. The molecule has 1 aliphatic heterocycles. The molecule has 2 aliphatic rings. The van der Waals surface area contributed by atoms with Crippen LogP contribution in [0.5, 0.6) is 5.75 Å². The van der Waals surface area contributed by atoms with E-state index in [4.69, 9.17) is 16.3 Å². The number of carbonyl (C=O) groups is 1. The van der Waals surface area contributed by atoms with E-state index in [9.17, 15) is 4.79 Å². The molecular formula is C18H16ClNO2. The summed E-state index contributed by atoms with van der Waals surface area (Å²) >= 11 is 6.10. The summed E-state index contributed by atoms with van der Waals surface area (Å²) in [5, 5.41) is 0.670. The van der Waals surface area contributed by atoms with Crippen LogP contribution >= 0.6 is 11.6 Å². The summed E-state index contributed by atoms with van der Waals surface area (Å²) in [7, 11) is 0. The van der Waals surface area contributed by atoms with E-state index in [2.05, 4.69) is 18.2 Å². The van der Waals surface area contributed by atoms with Gasteiger partial charge < -0.3 is 9.64 Å². The number of benzene rings is 2. The molecule has 1 aliphatic carbocycles. The fraction of sp³-hybridized carbons (Fsp3) is 0.278. The first kappa shape index (κ1) is 13.6. The highest BCUT2D eigenvalue weighted by atomic mass is 35.5. The minimum atomic E-state index is 0.0361. The Labute approximate surface area is 134 Å². The Bertz CT molecular complexity index is 744. The number of rotatable bonds is 1. The lowest BCUT2D eigenvalue weighted by molar-refractivity contribution is -0.135. The molecule has 1 amide bonds. The first-order chi connectivity index (χ1) is 10.7. The van der Waals surface area contributed by atoms with Crippen molar-refractivity contribution in [3.05, 3.63) is 64.2 Å². The Morgan fingerprint density at radius 1 is 1.14 bits per heavy atom. The second-order valence-corrected chi connectivity index (χ2v) is 6.25. The molecule has 0 saturated heterocycles. The highest BCUT2D eigenvalue weighted by molar-refractivity contribution is 6.30. The van der Waals surface area contributed by atoms with E-state index in [1.165, 1.54) is 11.1 Å². The third-order valence-electron chi connectivity index (χ3n) is 4.51. The zero-order valence-electron chi connectivity index (χ0n) is 12.1. The number of fused-ring (bicyclic) bond motifs is 2. The van der Waals surface area contributed by atoms with Gasteiger partial charge >= 0.3 is 0 Å². The first-order valence-electron chi connectivity index (χ1n) is 7.51. The third kappa shape index (κ3) is 2.26. The molecule has 0 aromatic heterocycles. The van der Waals surface area contributed by atoms with Gasteiger partial charge in [-0.1, -0.05) is 35.9 Å². The molecule has 2 aromatic rings. The molecule has 3 nitrogen and oxygen atoms in total. The molecule has 4 heteroatoms. The predicted molar refractivity (Wildman–Crippen MR) is 85.0 cm³/mol. The van der Waals surface area contributed by atoms with Crippen LogP contribution < -0.4 is 4.74 Å². The van der Waals surface area contributed by atoms with Crippen LogP contribution in [0.25, 0.3) is 0 Å². The van der Waals surface area contributed by atoms with Crippen LogP contribution in [0.15, 0.2) is 42.5 Å². The van der Waals surface area contributed by atoms with Crippen molar-refractivity contribution in [3.63, 3.8) is 0 Å². The van der Waals surface area contributed by atoms with Gasteiger partial charge in [0.1, 0.15) is 5.75 Å². The molecule has 0 radical (unpaired) electrons. The Morgan fingerprint density at radius 2 is 2.00 bits per heavy atom. The number of hydrogen-bond acceptors (Lipinski definition) is 2. The summed E-state index contributed by atoms with van der Waals surface area (Å²) in [6.45, 7) is 0.640. The summed E-state index contributed by atoms with van der Waals surface area (Å²) in [6, 6.07) is 14.1. The molecule has 4 rings (SSSR count). The van der Waals surface area contributed by atoms with E-state index in [1.54, 1.807) is 6.07 Å². The Balaban J connectivity index is 1.71. The van der Waals surface area contributed by atoms with Crippen molar-refractivity contribution in [2.75, 3.05) is 6.61 Å². The number of ether oxygens (including phenoxy) is 1. The van der Waals surface area contributed by atoms with Crippen LogP contribution in [0.1, 0.15) is 29.2 Å². The summed E-state index contributed by atoms with van der Waals surface area (Å²) in [5.74, 6) is 0.792. The van der Waals surface area contributed by atoms with E-state index in [-0.39, 0.29) is 18.6 Å². The zero-order chi connectivity index (χ0) is 15.1. The smallest absolute Gasteiger partial charge is 0.261 e. The first-order valence-corrected chi connectivity index (χ1v) is 7.88. The van der Waals surface area contributed by atoms with Crippen molar-refractivity contribution in [1.82, 2.24) is 4.90 Å². The van der Waals surface area contributed by atoms with Crippen LogP contribution in [0.4, 0.5) is 0 Å². The molecule has 112 valence electrons. The number of hydrogen-bond donors (Lipinski definition) is 0. The predicted octanol–water partition coefficient (Wildman–Crippen LogP) is 3.75. The van der Waals surface area contributed by atoms with Crippen LogP contribution in [0.2, 0.25) is 5.02 Å². The van der Waals surface area contributed by atoms with Crippen LogP contribution in [-0.2, 0) is 17.8 Å². The lowest BCUT2D eigenvalue weighted by Crippen LogP contribution is -2.35. The van der Waals surface area contributed by atoms with Gasteiger partial charge in [0.05, 0.1) is 12.6 Å². The molecule has 2 aromatic carbocycles. The summed E-state index contributed by atoms with van der Waals surface area (Å²) in [5.41, 5.74) is 3.58. The molecule has 1 heterocycles. The quantitative estimate of drug-likeness (QED) is 0.802. The van der Waals surface area contributed by atoms with Gasteiger partial charge in [-0.3, -0.25) is 4.79 Å². The minimum absolute atomic E-state index is 0.0361. The van der Waals surface area contributed by atoms with Gasteiger partial charge in [-0.05, 0) is 42.2 Å². The summed E-state index contributed by atoms with van der Waals surface area (Å²) < 4.78 is 5.64. The lowest BCUT2D eigenvalue weighted by atomic mass is 10.1. The Hall–Kier alpha value is -2.00. The largest absolute Gasteiger partial charge is 0.483 e. The average molecular weight is 314 g/mol.